The Morgan fingerprint density at radius 1 is 1.06 bits per heavy atom. The summed E-state index contributed by atoms with van der Waals surface area (Å²) in [6, 6.07) is 13.0. The first kappa shape index (κ1) is 20.9. The van der Waals surface area contributed by atoms with Crippen molar-refractivity contribution in [1.82, 2.24) is 10.2 Å². The minimum atomic E-state index is -0.262. The molecule has 2 fully saturated rings. The third-order valence-electron chi connectivity index (χ3n) is 5.83. The van der Waals surface area contributed by atoms with Crippen molar-refractivity contribution >= 4 is 29.2 Å². The third kappa shape index (κ3) is 4.71. The Bertz CT molecular complexity index is 999. The van der Waals surface area contributed by atoms with E-state index in [9.17, 15) is 14.4 Å². The van der Waals surface area contributed by atoms with Crippen molar-refractivity contribution in [3.05, 3.63) is 59.2 Å². The normalized spacial score (nSPS) is 18.6. The Balaban J connectivity index is 1.42. The number of nitrogens with one attached hydrogen (secondary N) is 2. The number of anilines is 2. The molecule has 4 rings (SSSR count). The predicted molar refractivity (Wildman–Crippen MR) is 120 cm³/mol. The summed E-state index contributed by atoms with van der Waals surface area (Å²) in [5, 5.41) is 5.75. The minimum Gasteiger partial charge on any atom is -0.338 e. The van der Waals surface area contributed by atoms with E-state index in [1.807, 2.05) is 56.3 Å². The number of nitrogens with zero attached hydrogens (tertiary/aromatic N) is 2. The second-order valence-electron chi connectivity index (χ2n) is 8.39. The molecular formula is C24H28N4O3. The molecule has 4 amide bonds. The molecule has 0 radical (unpaired) electrons. The lowest BCUT2D eigenvalue weighted by Gasteiger charge is -2.32. The molecule has 7 heteroatoms. The zero-order chi connectivity index (χ0) is 22.0. The molecule has 1 atom stereocenters. The number of carbonyl (C=O) groups excluding carboxylic acids is 3. The van der Waals surface area contributed by atoms with Gasteiger partial charge in [-0.05, 0) is 57.0 Å². The highest BCUT2D eigenvalue weighted by atomic mass is 16.2. The Morgan fingerprint density at radius 2 is 1.84 bits per heavy atom. The number of urea groups is 1. The molecule has 0 aliphatic carbocycles. The van der Waals surface area contributed by atoms with Crippen LogP contribution < -0.4 is 15.5 Å². The van der Waals surface area contributed by atoms with Crippen LogP contribution in [-0.2, 0) is 4.79 Å². The second kappa shape index (κ2) is 8.79. The summed E-state index contributed by atoms with van der Waals surface area (Å²) in [7, 11) is 0. The van der Waals surface area contributed by atoms with E-state index in [4.69, 9.17) is 0 Å². The van der Waals surface area contributed by atoms with E-state index >= 15 is 0 Å². The molecule has 0 spiro atoms. The second-order valence-corrected chi connectivity index (χ2v) is 8.39. The number of benzene rings is 2. The summed E-state index contributed by atoms with van der Waals surface area (Å²) in [6.45, 7) is 6.25. The van der Waals surface area contributed by atoms with Crippen molar-refractivity contribution in [2.45, 2.75) is 26.7 Å². The molecule has 2 aliphatic heterocycles. The molecule has 2 aromatic carbocycles. The fourth-order valence-corrected chi connectivity index (χ4v) is 4.37. The summed E-state index contributed by atoms with van der Waals surface area (Å²) in [4.78, 5) is 41.3. The number of rotatable bonds is 4. The van der Waals surface area contributed by atoms with E-state index in [1.54, 1.807) is 9.80 Å². The molecule has 2 heterocycles. The maximum atomic E-state index is 13.0. The number of hydrogen-bond acceptors (Lipinski definition) is 3. The first-order valence-electron chi connectivity index (χ1n) is 10.7. The highest BCUT2D eigenvalue weighted by molar-refractivity contribution is 5.98. The van der Waals surface area contributed by atoms with Crippen LogP contribution in [0, 0.1) is 19.8 Å². The summed E-state index contributed by atoms with van der Waals surface area (Å²) in [5.74, 6) is -0.380. The van der Waals surface area contributed by atoms with Crippen LogP contribution in [0.4, 0.5) is 16.2 Å². The van der Waals surface area contributed by atoms with Gasteiger partial charge >= 0.3 is 6.03 Å². The van der Waals surface area contributed by atoms with Gasteiger partial charge in [0.05, 0.1) is 5.92 Å². The average Bonchev–Trinajstić information content (AvgIpc) is 3.18. The minimum absolute atomic E-state index is 0.0219. The van der Waals surface area contributed by atoms with Crippen molar-refractivity contribution in [2.24, 2.45) is 5.92 Å². The molecule has 2 saturated heterocycles. The Kier molecular flexibility index (Phi) is 5.93. The average molecular weight is 421 g/mol. The predicted octanol–water partition coefficient (Wildman–Crippen LogP) is 3.32. The number of piperidine rings is 1. The van der Waals surface area contributed by atoms with Gasteiger partial charge in [-0.25, -0.2) is 4.79 Å². The van der Waals surface area contributed by atoms with E-state index in [2.05, 4.69) is 10.6 Å². The summed E-state index contributed by atoms with van der Waals surface area (Å²) in [5.41, 5.74) is 4.20. The molecule has 1 unspecified atom stereocenters. The van der Waals surface area contributed by atoms with E-state index in [-0.39, 0.29) is 23.8 Å². The van der Waals surface area contributed by atoms with Crippen LogP contribution in [0.2, 0.25) is 0 Å². The molecule has 0 aromatic heterocycles. The monoisotopic (exact) mass is 420 g/mol. The van der Waals surface area contributed by atoms with Gasteiger partial charge in [0.1, 0.15) is 0 Å². The van der Waals surface area contributed by atoms with E-state index < -0.39 is 0 Å². The zero-order valence-corrected chi connectivity index (χ0v) is 18.0. The standard InChI is InChI=1S/C24H28N4O3/c1-16-11-17(2)13-19(12-16)23(30)27-9-4-5-18(15-27)22(29)26-20-6-3-7-21(14-20)28-10-8-25-24(28)31/h3,6-7,11-14,18H,4-5,8-10,15H2,1-2H3,(H,25,31)(H,26,29). The third-order valence-corrected chi connectivity index (χ3v) is 5.83. The highest BCUT2D eigenvalue weighted by Gasteiger charge is 2.29. The quantitative estimate of drug-likeness (QED) is 0.796. The van der Waals surface area contributed by atoms with Gasteiger partial charge in [0.15, 0.2) is 0 Å². The maximum absolute atomic E-state index is 13.0. The van der Waals surface area contributed by atoms with Gasteiger partial charge in [-0.3, -0.25) is 14.5 Å². The Morgan fingerprint density at radius 3 is 2.55 bits per heavy atom. The van der Waals surface area contributed by atoms with Gasteiger partial charge in [0.25, 0.3) is 5.91 Å². The van der Waals surface area contributed by atoms with Crippen LogP contribution >= 0.6 is 0 Å². The van der Waals surface area contributed by atoms with Gasteiger partial charge in [0, 0.05) is 43.1 Å². The van der Waals surface area contributed by atoms with E-state index in [0.717, 1.165) is 29.7 Å². The smallest absolute Gasteiger partial charge is 0.321 e. The Labute approximate surface area is 182 Å². The molecule has 0 saturated carbocycles. The highest BCUT2D eigenvalue weighted by Crippen LogP contribution is 2.24. The molecule has 2 aliphatic rings. The molecule has 0 bridgehead atoms. The first-order valence-corrected chi connectivity index (χ1v) is 10.7. The first-order chi connectivity index (χ1) is 14.9. The summed E-state index contributed by atoms with van der Waals surface area (Å²) in [6.07, 6.45) is 1.54. The van der Waals surface area contributed by atoms with Crippen LogP contribution in [0.5, 0.6) is 0 Å². The van der Waals surface area contributed by atoms with Crippen molar-refractivity contribution in [3.63, 3.8) is 0 Å². The Hall–Kier alpha value is -3.35. The van der Waals surface area contributed by atoms with Crippen molar-refractivity contribution in [1.29, 1.82) is 0 Å². The largest absolute Gasteiger partial charge is 0.338 e. The molecule has 2 aromatic rings. The molecule has 2 N–H and O–H groups in total. The number of carbonyl (C=O) groups is 3. The van der Waals surface area contributed by atoms with Crippen LogP contribution in [0.3, 0.4) is 0 Å². The number of likely N-dealkylation sites (tertiary alicyclic amines) is 1. The molecule has 162 valence electrons. The number of hydrogen-bond donors (Lipinski definition) is 2. The number of aryl methyl sites for hydroxylation is 2. The lowest BCUT2D eigenvalue weighted by molar-refractivity contribution is -0.121. The molecular weight excluding hydrogens is 392 g/mol. The van der Waals surface area contributed by atoms with Crippen molar-refractivity contribution < 1.29 is 14.4 Å². The van der Waals surface area contributed by atoms with Gasteiger partial charge in [-0.2, -0.15) is 0 Å². The van der Waals surface area contributed by atoms with Crippen molar-refractivity contribution in [3.8, 4) is 0 Å². The lowest BCUT2D eigenvalue weighted by Crippen LogP contribution is -2.43. The van der Waals surface area contributed by atoms with Gasteiger partial charge in [0.2, 0.25) is 5.91 Å². The molecule has 7 nitrogen and oxygen atoms in total. The lowest BCUT2D eigenvalue weighted by atomic mass is 9.96. The van der Waals surface area contributed by atoms with Crippen molar-refractivity contribution in [2.75, 3.05) is 36.4 Å². The fraction of sp³-hybridized carbons (Fsp3) is 0.375. The van der Waals surface area contributed by atoms with Crippen LogP contribution in [-0.4, -0.2) is 48.9 Å². The topological polar surface area (TPSA) is 81.8 Å². The van der Waals surface area contributed by atoms with Crippen LogP contribution in [0.1, 0.15) is 34.3 Å². The van der Waals surface area contributed by atoms with Crippen LogP contribution in [0.15, 0.2) is 42.5 Å². The molecule has 31 heavy (non-hydrogen) atoms. The SMILES string of the molecule is Cc1cc(C)cc(C(=O)N2CCCC(C(=O)Nc3cccc(N4CCNC4=O)c3)C2)c1. The number of amides is 4. The van der Waals surface area contributed by atoms with Gasteiger partial charge < -0.3 is 15.5 Å². The summed E-state index contributed by atoms with van der Waals surface area (Å²) >= 11 is 0. The van der Waals surface area contributed by atoms with Gasteiger partial charge in [-0.1, -0.05) is 23.3 Å². The zero-order valence-electron chi connectivity index (χ0n) is 18.0. The summed E-state index contributed by atoms with van der Waals surface area (Å²) < 4.78 is 0. The van der Waals surface area contributed by atoms with E-state index in [0.29, 0.717) is 37.4 Å². The van der Waals surface area contributed by atoms with Gasteiger partial charge in [-0.15, -0.1) is 0 Å². The fourth-order valence-electron chi connectivity index (χ4n) is 4.37. The maximum Gasteiger partial charge on any atom is 0.321 e. The van der Waals surface area contributed by atoms with E-state index in [1.165, 1.54) is 0 Å². The van der Waals surface area contributed by atoms with Crippen LogP contribution in [0.25, 0.3) is 0 Å².